The SMILES string of the molecule is CCNS(=O)(=O)N(C)CC(C)NC(=O)OC(C)(C)C. The standard InChI is InChI=1S/C11H25N3O4S/c1-7-12-19(16,17)14(6)8-9(2)13-10(15)18-11(3,4)5/h9,12H,7-8H2,1-6H3,(H,13,15). The van der Waals surface area contributed by atoms with E-state index in [0.29, 0.717) is 6.54 Å². The molecular weight excluding hydrogens is 270 g/mol. The highest BCUT2D eigenvalue weighted by Gasteiger charge is 2.21. The van der Waals surface area contributed by atoms with E-state index in [1.807, 2.05) is 0 Å². The first-order chi connectivity index (χ1) is 8.48. The molecule has 0 rings (SSSR count). The molecule has 0 bridgehead atoms. The van der Waals surface area contributed by atoms with Crippen molar-refractivity contribution in [3.8, 4) is 0 Å². The van der Waals surface area contributed by atoms with Gasteiger partial charge in [-0.2, -0.15) is 12.7 Å². The predicted octanol–water partition coefficient (Wildman–Crippen LogP) is 0.686. The zero-order chi connectivity index (χ0) is 15.3. The summed E-state index contributed by atoms with van der Waals surface area (Å²) in [6.45, 7) is 9.18. The maximum absolute atomic E-state index is 11.7. The third-order valence-electron chi connectivity index (χ3n) is 2.03. The Morgan fingerprint density at radius 2 is 1.89 bits per heavy atom. The van der Waals surface area contributed by atoms with E-state index in [4.69, 9.17) is 4.74 Å². The molecule has 2 N–H and O–H groups in total. The first-order valence-corrected chi connectivity index (χ1v) is 7.62. The maximum Gasteiger partial charge on any atom is 0.407 e. The molecule has 8 heteroatoms. The van der Waals surface area contributed by atoms with Crippen LogP contribution in [-0.2, 0) is 14.9 Å². The molecule has 114 valence electrons. The largest absolute Gasteiger partial charge is 0.444 e. The van der Waals surface area contributed by atoms with Gasteiger partial charge in [-0.1, -0.05) is 6.92 Å². The Morgan fingerprint density at radius 1 is 1.37 bits per heavy atom. The number of nitrogens with zero attached hydrogens (tertiary/aromatic N) is 1. The summed E-state index contributed by atoms with van der Waals surface area (Å²) in [5, 5.41) is 2.59. The van der Waals surface area contributed by atoms with Crippen LogP contribution in [0.4, 0.5) is 4.79 Å². The fraction of sp³-hybridized carbons (Fsp3) is 0.909. The fourth-order valence-electron chi connectivity index (χ4n) is 1.33. The quantitative estimate of drug-likeness (QED) is 0.754. The van der Waals surface area contributed by atoms with E-state index in [9.17, 15) is 13.2 Å². The van der Waals surface area contributed by atoms with Crippen LogP contribution in [-0.4, -0.2) is 50.6 Å². The molecule has 7 nitrogen and oxygen atoms in total. The molecule has 19 heavy (non-hydrogen) atoms. The second-order valence-electron chi connectivity index (χ2n) is 5.33. The molecule has 1 amide bonds. The van der Waals surface area contributed by atoms with Crippen LogP contribution in [0.1, 0.15) is 34.6 Å². The molecule has 0 aromatic heterocycles. The average Bonchev–Trinajstić information content (AvgIpc) is 2.13. The van der Waals surface area contributed by atoms with E-state index in [2.05, 4.69) is 10.0 Å². The molecule has 0 heterocycles. The Balaban J connectivity index is 4.32. The van der Waals surface area contributed by atoms with Crippen LogP contribution in [0.15, 0.2) is 0 Å². The summed E-state index contributed by atoms with van der Waals surface area (Å²) in [6.07, 6.45) is -0.561. The van der Waals surface area contributed by atoms with Gasteiger partial charge in [0.05, 0.1) is 0 Å². The molecule has 0 saturated carbocycles. The average molecular weight is 295 g/mol. The van der Waals surface area contributed by atoms with Crippen LogP contribution in [0.25, 0.3) is 0 Å². The fourth-order valence-corrected chi connectivity index (χ4v) is 2.34. The van der Waals surface area contributed by atoms with E-state index in [1.165, 1.54) is 7.05 Å². The Labute approximate surface area is 115 Å². The molecule has 1 atom stereocenters. The smallest absolute Gasteiger partial charge is 0.407 e. The van der Waals surface area contributed by atoms with E-state index in [1.54, 1.807) is 34.6 Å². The lowest BCUT2D eigenvalue weighted by atomic mass is 10.2. The lowest BCUT2D eigenvalue weighted by Gasteiger charge is -2.24. The number of carbonyl (C=O) groups excluding carboxylic acids is 1. The molecule has 0 aliphatic carbocycles. The molecule has 0 spiro atoms. The normalized spacial score (nSPS) is 14.3. The highest BCUT2D eigenvalue weighted by atomic mass is 32.2. The van der Waals surface area contributed by atoms with Crippen molar-refractivity contribution in [1.82, 2.24) is 14.3 Å². The Kier molecular flexibility index (Phi) is 6.74. The van der Waals surface area contributed by atoms with E-state index < -0.39 is 21.9 Å². The second kappa shape index (κ2) is 7.06. The third kappa shape index (κ3) is 8.02. The minimum atomic E-state index is -3.49. The molecular formula is C11H25N3O4S. The lowest BCUT2D eigenvalue weighted by Crippen LogP contribution is -2.47. The molecule has 0 saturated heterocycles. The van der Waals surface area contributed by atoms with Gasteiger partial charge in [-0.05, 0) is 27.7 Å². The van der Waals surface area contributed by atoms with Gasteiger partial charge >= 0.3 is 6.09 Å². The van der Waals surface area contributed by atoms with Crippen molar-refractivity contribution in [2.75, 3.05) is 20.1 Å². The Hall–Kier alpha value is -0.860. The zero-order valence-corrected chi connectivity index (χ0v) is 13.3. The van der Waals surface area contributed by atoms with Gasteiger partial charge < -0.3 is 10.1 Å². The summed E-state index contributed by atoms with van der Waals surface area (Å²) in [7, 11) is -2.04. The number of nitrogens with one attached hydrogen (secondary N) is 2. The molecule has 0 aromatic rings. The first-order valence-electron chi connectivity index (χ1n) is 6.18. The highest BCUT2D eigenvalue weighted by Crippen LogP contribution is 2.07. The Bertz CT molecular complexity index is 389. The number of carbonyl (C=O) groups is 1. The van der Waals surface area contributed by atoms with Crippen molar-refractivity contribution in [3.05, 3.63) is 0 Å². The summed E-state index contributed by atoms with van der Waals surface area (Å²) in [4.78, 5) is 11.5. The van der Waals surface area contributed by atoms with Crippen molar-refractivity contribution in [2.45, 2.75) is 46.3 Å². The maximum atomic E-state index is 11.7. The summed E-state index contributed by atoms with van der Waals surface area (Å²) in [5.74, 6) is 0. The number of alkyl carbamates (subject to hydrolysis) is 1. The summed E-state index contributed by atoms with van der Waals surface area (Å²) in [5.41, 5.74) is -0.578. The zero-order valence-electron chi connectivity index (χ0n) is 12.5. The van der Waals surface area contributed by atoms with Gasteiger partial charge in [0, 0.05) is 26.2 Å². The minimum Gasteiger partial charge on any atom is -0.444 e. The number of hydrogen-bond donors (Lipinski definition) is 2. The van der Waals surface area contributed by atoms with Gasteiger partial charge in [-0.3, -0.25) is 0 Å². The van der Waals surface area contributed by atoms with Gasteiger partial charge in [0.15, 0.2) is 0 Å². The molecule has 0 aromatic carbocycles. The number of ether oxygens (including phenoxy) is 1. The van der Waals surface area contributed by atoms with Crippen LogP contribution in [0.2, 0.25) is 0 Å². The molecule has 0 aliphatic rings. The third-order valence-corrected chi connectivity index (χ3v) is 3.65. The first kappa shape index (κ1) is 18.1. The van der Waals surface area contributed by atoms with Crippen LogP contribution in [0.3, 0.4) is 0 Å². The number of amides is 1. The molecule has 0 fully saturated rings. The van der Waals surface area contributed by atoms with Gasteiger partial charge in [-0.25, -0.2) is 9.52 Å². The van der Waals surface area contributed by atoms with Crippen LogP contribution >= 0.6 is 0 Å². The van der Waals surface area contributed by atoms with Crippen molar-refractivity contribution < 1.29 is 17.9 Å². The van der Waals surface area contributed by atoms with Crippen LogP contribution < -0.4 is 10.0 Å². The highest BCUT2D eigenvalue weighted by molar-refractivity contribution is 7.87. The van der Waals surface area contributed by atoms with Gasteiger partial charge in [0.25, 0.3) is 10.2 Å². The molecule has 0 radical (unpaired) electrons. The summed E-state index contributed by atoms with van der Waals surface area (Å²) in [6, 6.07) is -0.353. The number of hydrogen-bond acceptors (Lipinski definition) is 4. The topological polar surface area (TPSA) is 87.7 Å². The van der Waals surface area contributed by atoms with Crippen molar-refractivity contribution in [1.29, 1.82) is 0 Å². The van der Waals surface area contributed by atoms with E-state index in [-0.39, 0.29) is 12.6 Å². The van der Waals surface area contributed by atoms with Crippen LogP contribution in [0, 0.1) is 0 Å². The van der Waals surface area contributed by atoms with E-state index in [0.717, 1.165) is 4.31 Å². The van der Waals surface area contributed by atoms with Crippen molar-refractivity contribution in [3.63, 3.8) is 0 Å². The van der Waals surface area contributed by atoms with Crippen molar-refractivity contribution >= 4 is 16.3 Å². The summed E-state index contributed by atoms with van der Waals surface area (Å²) < 4.78 is 31.9. The predicted molar refractivity (Wildman–Crippen MR) is 74.1 cm³/mol. The van der Waals surface area contributed by atoms with E-state index >= 15 is 0 Å². The molecule has 1 unspecified atom stereocenters. The molecule has 0 aliphatic heterocycles. The second-order valence-corrected chi connectivity index (χ2v) is 7.19. The lowest BCUT2D eigenvalue weighted by molar-refractivity contribution is 0.0504. The number of likely N-dealkylation sites (N-methyl/N-ethyl adjacent to an activating group) is 1. The Morgan fingerprint density at radius 3 is 2.32 bits per heavy atom. The van der Waals surface area contributed by atoms with Gasteiger partial charge in [0.1, 0.15) is 5.60 Å². The van der Waals surface area contributed by atoms with Gasteiger partial charge in [-0.15, -0.1) is 0 Å². The monoisotopic (exact) mass is 295 g/mol. The number of rotatable bonds is 6. The van der Waals surface area contributed by atoms with Crippen LogP contribution in [0.5, 0.6) is 0 Å². The van der Waals surface area contributed by atoms with Gasteiger partial charge in [0.2, 0.25) is 0 Å². The minimum absolute atomic E-state index is 0.161. The van der Waals surface area contributed by atoms with Crippen molar-refractivity contribution in [2.24, 2.45) is 0 Å². The summed E-state index contributed by atoms with van der Waals surface area (Å²) >= 11 is 0.